The normalized spacial score (nSPS) is 20.6. The number of benzene rings is 1. The van der Waals surface area contributed by atoms with Crippen molar-refractivity contribution in [2.45, 2.75) is 37.8 Å². The van der Waals surface area contributed by atoms with Gasteiger partial charge in [0.05, 0.1) is 10.9 Å². The van der Waals surface area contributed by atoms with Gasteiger partial charge >= 0.3 is 0 Å². The van der Waals surface area contributed by atoms with Crippen LogP contribution in [0.2, 0.25) is 0 Å². The lowest BCUT2D eigenvalue weighted by Gasteiger charge is -2.14. The van der Waals surface area contributed by atoms with Gasteiger partial charge in [0.2, 0.25) is 11.8 Å². The molecule has 2 amide bonds. The molecule has 2 aliphatic heterocycles. The lowest BCUT2D eigenvalue weighted by molar-refractivity contribution is -0.127. The fourth-order valence-electron chi connectivity index (χ4n) is 4.16. The SMILES string of the molecule is Cn1c(CC(=O)N[C@@H]2CCNC2=O)c2n(c1=S)C[C@H](c1c(F)ccc(Br)c1F)C2. The molecule has 29 heavy (non-hydrogen) atoms. The van der Waals surface area contributed by atoms with Crippen molar-refractivity contribution in [3.63, 3.8) is 0 Å². The van der Waals surface area contributed by atoms with Gasteiger partial charge in [0.15, 0.2) is 4.77 Å². The summed E-state index contributed by atoms with van der Waals surface area (Å²) in [6.07, 6.45) is 0.976. The maximum absolute atomic E-state index is 14.6. The molecule has 1 aromatic heterocycles. The summed E-state index contributed by atoms with van der Waals surface area (Å²) in [7, 11) is 1.77. The molecule has 2 aromatic rings. The topological polar surface area (TPSA) is 68.1 Å². The summed E-state index contributed by atoms with van der Waals surface area (Å²) in [4.78, 5) is 24.2. The maximum Gasteiger partial charge on any atom is 0.242 e. The molecule has 0 radical (unpaired) electrons. The van der Waals surface area contributed by atoms with Crippen LogP contribution in [0.15, 0.2) is 16.6 Å². The van der Waals surface area contributed by atoms with Crippen LogP contribution in [0, 0.1) is 16.4 Å². The zero-order valence-corrected chi connectivity index (χ0v) is 18.0. The summed E-state index contributed by atoms with van der Waals surface area (Å²) in [5.74, 6) is -2.08. The number of carbonyl (C=O) groups is 2. The number of fused-ring (bicyclic) bond motifs is 1. The van der Waals surface area contributed by atoms with Crippen molar-refractivity contribution in [2.24, 2.45) is 7.05 Å². The molecule has 2 atom stereocenters. The molecule has 1 saturated heterocycles. The van der Waals surface area contributed by atoms with Crippen molar-refractivity contribution in [2.75, 3.05) is 6.54 Å². The Labute approximate surface area is 179 Å². The highest BCUT2D eigenvalue weighted by atomic mass is 79.9. The standard InChI is InChI=1S/C19H19BrF2N4O2S/c1-25-13(7-15(27)24-12-4-5-23-18(12)28)14-6-9(8-26(14)19(25)29)16-11(21)3-2-10(20)17(16)22/h2-3,9,12H,4-8H2,1H3,(H,23,28)(H,24,27)/t9-,12-/m1/s1. The van der Waals surface area contributed by atoms with Gasteiger partial charge < -0.3 is 19.8 Å². The van der Waals surface area contributed by atoms with Crippen LogP contribution in [0.4, 0.5) is 8.78 Å². The van der Waals surface area contributed by atoms with Gasteiger partial charge in [0, 0.05) is 43.0 Å². The van der Waals surface area contributed by atoms with Crippen molar-refractivity contribution in [3.8, 4) is 0 Å². The van der Waals surface area contributed by atoms with Gasteiger partial charge in [-0.2, -0.15) is 0 Å². The average molecular weight is 485 g/mol. The van der Waals surface area contributed by atoms with E-state index in [-0.39, 0.29) is 28.3 Å². The van der Waals surface area contributed by atoms with Crippen LogP contribution in [0.3, 0.4) is 0 Å². The number of carbonyl (C=O) groups excluding carboxylic acids is 2. The van der Waals surface area contributed by atoms with Crippen molar-refractivity contribution in [3.05, 3.63) is 50.0 Å². The number of halogens is 3. The summed E-state index contributed by atoms with van der Waals surface area (Å²) in [6, 6.07) is 2.06. The van der Waals surface area contributed by atoms with Gasteiger partial charge in [-0.3, -0.25) is 9.59 Å². The lowest BCUT2D eigenvalue weighted by Crippen LogP contribution is -2.41. The van der Waals surface area contributed by atoms with Crippen molar-refractivity contribution >= 4 is 40.0 Å². The first-order valence-corrected chi connectivity index (χ1v) is 10.5. The predicted molar refractivity (Wildman–Crippen MR) is 108 cm³/mol. The maximum atomic E-state index is 14.6. The Hall–Kier alpha value is -2.07. The van der Waals surface area contributed by atoms with Crippen molar-refractivity contribution in [1.82, 2.24) is 19.8 Å². The summed E-state index contributed by atoms with van der Waals surface area (Å²) in [6.45, 7) is 0.889. The summed E-state index contributed by atoms with van der Waals surface area (Å²) in [5.41, 5.74) is 1.52. The highest BCUT2D eigenvalue weighted by Gasteiger charge is 2.33. The van der Waals surface area contributed by atoms with Crippen molar-refractivity contribution < 1.29 is 18.4 Å². The smallest absolute Gasteiger partial charge is 0.242 e. The molecule has 1 aromatic carbocycles. The van der Waals surface area contributed by atoms with E-state index < -0.39 is 23.6 Å². The average Bonchev–Trinajstić information content (AvgIpc) is 3.33. The highest BCUT2D eigenvalue weighted by Crippen LogP contribution is 2.37. The first kappa shape index (κ1) is 20.2. The quantitative estimate of drug-likeness (QED) is 0.517. The Balaban J connectivity index is 1.59. The second-order valence-electron chi connectivity index (χ2n) is 7.38. The fraction of sp³-hybridized carbons (Fsp3) is 0.421. The number of nitrogens with one attached hydrogen (secondary N) is 2. The van der Waals surface area contributed by atoms with Crippen LogP contribution in [-0.2, 0) is 36.0 Å². The molecule has 2 aliphatic rings. The molecule has 1 fully saturated rings. The van der Waals surface area contributed by atoms with Gasteiger partial charge in [-0.15, -0.1) is 0 Å². The minimum absolute atomic E-state index is 0.0261. The Morgan fingerprint density at radius 2 is 2.17 bits per heavy atom. The first-order chi connectivity index (χ1) is 13.8. The fourth-order valence-corrected chi connectivity index (χ4v) is 4.80. The number of nitrogens with zero attached hydrogens (tertiary/aromatic N) is 2. The number of rotatable bonds is 4. The van der Waals surface area contributed by atoms with Gasteiger partial charge in [-0.1, -0.05) is 0 Å². The van der Waals surface area contributed by atoms with E-state index in [0.29, 0.717) is 36.4 Å². The molecule has 3 heterocycles. The van der Waals surface area contributed by atoms with E-state index >= 15 is 0 Å². The van der Waals surface area contributed by atoms with Crippen LogP contribution in [-0.4, -0.2) is 33.5 Å². The van der Waals surface area contributed by atoms with Crippen LogP contribution in [0.1, 0.15) is 29.3 Å². The molecule has 154 valence electrons. The molecule has 0 bridgehead atoms. The second kappa shape index (κ2) is 7.64. The van der Waals surface area contributed by atoms with Crippen LogP contribution in [0.5, 0.6) is 0 Å². The first-order valence-electron chi connectivity index (χ1n) is 9.25. The second-order valence-corrected chi connectivity index (χ2v) is 8.60. The third-order valence-electron chi connectivity index (χ3n) is 5.62. The molecule has 0 unspecified atom stereocenters. The van der Waals surface area contributed by atoms with Crippen molar-refractivity contribution in [1.29, 1.82) is 0 Å². The van der Waals surface area contributed by atoms with Gasteiger partial charge in [0.25, 0.3) is 0 Å². The zero-order chi connectivity index (χ0) is 20.9. The Kier molecular flexibility index (Phi) is 5.32. The molecule has 0 aliphatic carbocycles. The summed E-state index contributed by atoms with van der Waals surface area (Å²) < 4.78 is 33.2. The third kappa shape index (κ3) is 3.52. The van der Waals surface area contributed by atoms with E-state index in [9.17, 15) is 18.4 Å². The monoisotopic (exact) mass is 484 g/mol. The predicted octanol–water partition coefficient (Wildman–Crippen LogP) is 2.48. The molecular weight excluding hydrogens is 466 g/mol. The largest absolute Gasteiger partial charge is 0.354 e. The minimum Gasteiger partial charge on any atom is -0.354 e. The Morgan fingerprint density at radius 3 is 2.86 bits per heavy atom. The number of amides is 2. The molecule has 6 nitrogen and oxygen atoms in total. The number of hydrogen-bond donors (Lipinski definition) is 2. The van der Waals surface area contributed by atoms with E-state index in [2.05, 4.69) is 26.6 Å². The number of imidazole rings is 1. The number of hydrogen-bond acceptors (Lipinski definition) is 3. The molecule has 10 heteroatoms. The van der Waals surface area contributed by atoms with Gasteiger partial charge in [0.1, 0.15) is 17.7 Å². The molecule has 2 N–H and O–H groups in total. The van der Waals surface area contributed by atoms with Gasteiger partial charge in [-0.25, -0.2) is 8.78 Å². The van der Waals surface area contributed by atoms with E-state index in [0.717, 1.165) is 5.69 Å². The van der Waals surface area contributed by atoms with E-state index in [1.54, 1.807) is 11.6 Å². The molecular formula is C19H19BrF2N4O2S. The summed E-state index contributed by atoms with van der Waals surface area (Å²) in [5, 5.41) is 5.42. The molecule has 0 spiro atoms. The summed E-state index contributed by atoms with van der Waals surface area (Å²) >= 11 is 8.60. The molecule has 4 rings (SSSR count). The van der Waals surface area contributed by atoms with Crippen LogP contribution >= 0.6 is 28.1 Å². The lowest BCUT2D eigenvalue weighted by atomic mass is 9.95. The number of aromatic nitrogens is 2. The van der Waals surface area contributed by atoms with E-state index in [4.69, 9.17) is 12.2 Å². The van der Waals surface area contributed by atoms with Crippen LogP contribution < -0.4 is 10.6 Å². The van der Waals surface area contributed by atoms with Gasteiger partial charge in [-0.05, 0) is 53.1 Å². The third-order valence-corrected chi connectivity index (χ3v) is 6.73. The van der Waals surface area contributed by atoms with E-state index in [1.165, 1.54) is 12.1 Å². The minimum atomic E-state index is -0.609. The highest BCUT2D eigenvalue weighted by molar-refractivity contribution is 9.10. The Bertz CT molecular complexity index is 1080. The molecule has 0 saturated carbocycles. The Morgan fingerprint density at radius 1 is 1.41 bits per heavy atom. The van der Waals surface area contributed by atoms with E-state index in [1.807, 2.05) is 4.57 Å². The zero-order valence-electron chi connectivity index (χ0n) is 15.6. The van der Waals surface area contributed by atoms with Crippen LogP contribution in [0.25, 0.3) is 0 Å².